The summed E-state index contributed by atoms with van der Waals surface area (Å²) in [7, 11) is 0. The van der Waals surface area contributed by atoms with Gasteiger partial charge in [0.2, 0.25) is 5.91 Å². The minimum absolute atomic E-state index is 0.180. The van der Waals surface area contributed by atoms with E-state index >= 15 is 0 Å². The maximum atomic E-state index is 12.8. The molecule has 1 saturated heterocycles. The van der Waals surface area contributed by atoms with Gasteiger partial charge in [0.1, 0.15) is 0 Å². The number of carbonyl (C=O) groups is 1. The Kier molecular flexibility index (Phi) is 6.70. The van der Waals surface area contributed by atoms with E-state index in [0.717, 1.165) is 57.5 Å². The summed E-state index contributed by atoms with van der Waals surface area (Å²) in [5.41, 5.74) is 0.927. The maximum absolute atomic E-state index is 12.8. The Morgan fingerprint density at radius 3 is 2.31 bits per heavy atom. The molecule has 0 bridgehead atoms. The van der Waals surface area contributed by atoms with Crippen molar-refractivity contribution in [2.75, 3.05) is 31.5 Å². The van der Waals surface area contributed by atoms with Crippen LogP contribution in [0.1, 0.15) is 39.5 Å². The van der Waals surface area contributed by atoms with Gasteiger partial charge in [-0.2, -0.15) is 0 Å². The predicted octanol–water partition coefficient (Wildman–Crippen LogP) is 4.52. The fourth-order valence-electron chi connectivity index (χ4n) is 4.03. The maximum Gasteiger partial charge on any atom is 0.225 e. The second kappa shape index (κ2) is 8.81. The monoisotopic (exact) mass is 397 g/mol. The number of nitrogens with one attached hydrogen (secondary N) is 1. The van der Waals surface area contributed by atoms with Gasteiger partial charge in [0, 0.05) is 49.2 Å². The molecule has 0 spiro atoms. The van der Waals surface area contributed by atoms with Gasteiger partial charge in [-0.3, -0.25) is 9.69 Å². The number of halogens is 2. The van der Waals surface area contributed by atoms with Gasteiger partial charge < -0.3 is 10.2 Å². The zero-order valence-electron chi connectivity index (χ0n) is 15.7. The van der Waals surface area contributed by atoms with Crippen molar-refractivity contribution >= 4 is 34.8 Å². The lowest BCUT2D eigenvalue weighted by Crippen LogP contribution is -2.52. The second-order valence-electron chi connectivity index (χ2n) is 7.77. The topological polar surface area (TPSA) is 35.6 Å². The third-order valence-corrected chi connectivity index (χ3v) is 6.27. The Morgan fingerprint density at radius 1 is 1.08 bits per heavy atom. The van der Waals surface area contributed by atoms with Crippen LogP contribution in [0.5, 0.6) is 0 Å². The highest BCUT2D eigenvalue weighted by Crippen LogP contribution is 2.31. The molecule has 2 fully saturated rings. The summed E-state index contributed by atoms with van der Waals surface area (Å²) in [5.74, 6) is 0.538. The fraction of sp³-hybridized carbons (Fsp3) is 0.650. The smallest absolute Gasteiger partial charge is 0.225 e. The highest BCUT2D eigenvalue weighted by molar-refractivity contribution is 6.36. The second-order valence-corrected chi connectivity index (χ2v) is 8.62. The molecular weight excluding hydrogens is 369 g/mol. The zero-order chi connectivity index (χ0) is 18.7. The standard InChI is InChI=1S/C20H29Cl2N3O/c1-14(2)24-9-11-25(12-10-24)20(26)15-3-6-17(7-4-15)23-19-8-5-16(21)13-18(19)22/h5,8,13-15,17,23H,3-4,6-7,9-12H2,1-2H3. The molecule has 1 aromatic rings. The molecule has 1 aromatic carbocycles. The van der Waals surface area contributed by atoms with Crippen molar-refractivity contribution in [3.05, 3.63) is 28.2 Å². The molecule has 1 amide bonds. The molecule has 144 valence electrons. The van der Waals surface area contributed by atoms with Gasteiger partial charge in [-0.15, -0.1) is 0 Å². The largest absolute Gasteiger partial charge is 0.381 e. The van der Waals surface area contributed by atoms with Crippen molar-refractivity contribution in [2.45, 2.75) is 51.6 Å². The van der Waals surface area contributed by atoms with Gasteiger partial charge in [0.25, 0.3) is 0 Å². The summed E-state index contributed by atoms with van der Waals surface area (Å²) in [6.07, 6.45) is 3.90. The van der Waals surface area contributed by atoms with Crippen molar-refractivity contribution in [3.8, 4) is 0 Å². The molecule has 0 unspecified atom stereocenters. The third kappa shape index (κ3) is 4.85. The average molecular weight is 398 g/mol. The molecule has 26 heavy (non-hydrogen) atoms. The molecular formula is C20H29Cl2N3O. The molecule has 3 rings (SSSR count). The number of rotatable bonds is 4. The summed E-state index contributed by atoms with van der Waals surface area (Å²) in [5, 5.41) is 4.81. The van der Waals surface area contributed by atoms with Crippen molar-refractivity contribution in [3.63, 3.8) is 0 Å². The number of hydrogen-bond acceptors (Lipinski definition) is 3. The zero-order valence-corrected chi connectivity index (χ0v) is 17.2. The van der Waals surface area contributed by atoms with Crippen molar-refractivity contribution < 1.29 is 4.79 Å². The lowest BCUT2D eigenvalue weighted by atomic mass is 9.85. The van der Waals surface area contributed by atoms with Crippen LogP contribution in [0.4, 0.5) is 5.69 Å². The number of anilines is 1. The van der Waals surface area contributed by atoms with Crippen molar-refractivity contribution in [2.24, 2.45) is 5.92 Å². The summed E-state index contributed by atoms with van der Waals surface area (Å²) < 4.78 is 0. The Bertz CT molecular complexity index is 621. The quantitative estimate of drug-likeness (QED) is 0.810. The lowest BCUT2D eigenvalue weighted by Gasteiger charge is -2.39. The number of hydrogen-bond donors (Lipinski definition) is 1. The lowest BCUT2D eigenvalue weighted by molar-refractivity contribution is -0.138. The van der Waals surface area contributed by atoms with Crippen molar-refractivity contribution in [1.82, 2.24) is 9.80 Å². The van der Waals surface area contributed by atoms with E-state index in [1.807, 2.05) is 12.1 Å². The summed E-state index contributed by atoms with van der Waals surface area (Å²) >= 11 is 12.2. The van der Waals surface area contributed by atoms with E-state index in [1.165, 1.54) is 0 Å². The predicted molar refractivity (Wildman–Crippen MR) is 109 cm³/mol. The molecule has 1 saturated carbocycles. The molecule has 1 aliphatic carbocycles. The van der Waals surface area contributed by atoms with Gasteiger partial charge in [-0.1, -0.05) is 23.2 Å². The van der Waals surface area contributed by atoms with E-state index < -0.39 is 0 Å². The van der Waals surface area contributed by atoms with Gasteiger partial charge in [0.15, 0.2) is 0 Å². The number of amides is 1. The average Bonchev–Trinajstić information content (AvgIpc) is 2.64. The van der Waals surface area contributed by atoms with E-state index in [2.05, 4.69) is 29.0 Å². The molecule has 1 N–H and O–H groups in total. The van der Waals surface area contributed by atoms with E-state index in [1.54, 1.807) is 6.07 Å². The number of benzene rings is 1. The fourth-order valence-corrected chi connectivity index (χ4v) is 4.49. The van der Waals surface area contributed by atoms with Crippen LogP contribution in [0.25, 0.3) is 0 Å². The number of carbonyl (C=O) groups excluding carboxylic acids is 1. The Balaban J connectivity index is 1.47. The van der Waals surface area contributed by atoms with Gasteiger partial charge in [-0.25, -0.2) is 0 Å². The van der Waals surface area contributed by atoms with Crippen LogP contribution in [0, 0.1) is 5.92 Å². The van der Waals surface area contributed by atoms with Crippen LogP contribution in [-0.4, -0.2) is 54.0 Å². The number of nitrogens with zero attached hydrogens (tertiary/aromatic N) is 2. The molecule has 1 heterocycles. The van der Waals surface area contributed by atoms with Crippen LogP contribution in [0.3, 0.4) is 0 Å². The summed E-state index contributed by atoms with van der Waals surface area (Å²) in [6, 6.07) is 6.47. The van der Waals surface area contributed by atoms with Crippen molar-refractivity contribution in [1.29, 1.82) is 0 Å². The van der Waals surface area contributed by atoms with E-state index in [0.29, 0.717) is 28.0 Å². The first-order valence-electron chi connectivity index (χ1n) is 9.68. The van der Waals surface area contributed by atoms with Crippen LogP contribution < -0.4 is 5.32 Å². The van der Waals surface area contributed by atoms with Crippen LogP contribution in [0.2, 0.25) is 10.0 Å². The highest BCUT2D eigenvalue weighted by atomic mass is 35.5. The molecule has 0 aromatic heterocycles. The SMILES string of the molecule is CC(C)N1CCN(C(=O)C2CCC(Nc3ccc(Cl)cc3Cl)CC2)CC1. The molecule has 0 radical (unpaired) electrons. The summed E-state index contributed by atoms with van der Waals surface area (Å²) in [6.45, 7) is 8.17. The Morgan fingerprint density at radius 2 is 1.73 bits per heavy atom. The molecule has 2 aliphatic rings. The van der Waals surface area contributed by atoms with E-state index in [9.17, 15) is 4.79 Å². The minimum Gasteiger partial charge on any atom is -0.381 e. The molecule has 1 aliphatic heterocycles. The Hall–Kier alpha value is -0.970. The summed E-state index contributed by atoms with van der Waals surface area (Å²) in [4.78, 5) is 17.4. The van der Waals surface area contributed by atoms with Gasteiger partial charge >= 0.3 is 0 Å². The first-order valence-corrected chi connectivity index (χ1v) is 10.4. The van der Waals surface area contributed by atoms with E-state index in [4.69, 9.17) is 23.2 Å². The highest BCUT2D eigenvalue weighted by Gasteiger charge is 2.31. The number of piperazine rings is 1. The first-order chi connectivity index (χ1) is 12.4. The van der Waals surface area contributed by atoms with Crippen LogP contribution in [-0.2, 0) is 4.79 Å². The van der Waals surface area contributed by atoms with Crippen LogP contribution >= 0.6 is 23.2 Å². The first kappa shape index (κ1) is 19.8. The molecule has 4 nitrogen and oxygen atoms in total. The minimum atomic E-state index is 0.180. The Labute approximate surface area is 166 Å². The van der Waals surface area contributed by atoms with Crippen LogP contribution in [0.15, 0.2) is 18.2 Å². The molecule has 0 atom stereocenters. The van der Waals surface area contributed by atoms with E-state index in [-0.39, 0.29) is 5.92 Å². The van der Waals surface area contributed by atoms with Gasteiger partial charge in [0.05, 0.1) is 10.7 Å². The normalized spacial score (nSPS) is 24.7. The third-order valence-electron chi connectivity index (χ3n) is 5.72. The molecule has 6 heteroatoms. The van der Waals surface area contributed by atoms with Gasteiger partial charge in [-0.05, 0) is 57.7 Å².